The summed E-state index contributed by atoms with van der Waals surface area (Å²) < 4.78 is 5.15. The number of halogens is 1. The fraction of sp³-hybridized carbons (Fsp3) is 0.222. The number of para-hydroxylation sites is 1. The first-order valence-corrected chi connectivity index (χ1v) is 9.36. The van der Waals surface area contributed by atoms with E-state index in [0.717, 1.165) is 10.6 Å². The Hall–Kier alpha value is -2.58. The fourth-order valence-corrected chi connectivity index (χ4v) is 3.56. The molecule has 0 unspecified atom stereocenters. The molecule has 1 aliphatic rings. The highest BCUT2D eigenvalue weighted by atomic mass is 35.5. The van der Waals surface area contributed by atoms with Gasteiger partial charge < -0.3 is 15.4 Å². The van der Waals surface area contributed by atoms with Crippen LogP contribution in [0.4, 0.5) is 11.5 Å². The van der Waals surface area contributed by atoms with E-state index in [4.69, 9.17) is 16.3 Å². The van der Waals surface area contributed by atoms with Gasteiger partial charge in [-0.3, -0.25) is 14.4 Å². The molecule has 7 nitrogen and oxygen atoms in total. The minimum atomic E-state index is -1.03. The zero-order valence-corrected chi connectivity index (χ0v) is 15.8. The molecule has 0 radical (unpaired) electrons. The van der Waals surface area contributed by atoms with Gasteiger partial charge in [0.25, 0.3) is 5.91 Å². The van der Waals surface area contributed by atoms with E-state index in [1.165, 1.54) is 30.9 Å². The minimum Gasteiger partial charge on any atom is -0.452 e. The third-order valence-corrected chi connectivity index (χ3v) is 5.21. The molecule has 1 aromatic carbocycles. The molecule has 0 spiro atoms. The number of amides is 2. The number of hydrogen-bond acceptors (Lipinski definition) is 6. The molecule has 2 N–H and O–H groups in total. The molecule has 0 aliphatic carbocycles. The number of carbonyl (C=O) groups is 3. The quantitative estimate of drug-likeness (QED) is 0.742. The van der Waals surface area contributed by atoms with Crippen LogP contribution < -0.4 is 10.6 Å². The van der Waals surface area contributed by atoms with Crippen molar-refractivity contribution in [1.29, 1.82) is 0 Å². The van der Waals surface area contributed by atoms with Crippen LogP contribution in [-0.2, 0) is 19.1 Å². The Labute approximate surface area is 164 Å². The molecule has 3 rings (SSSR count). The number of nitrogens with zero attached hydrogens (tertiary/aromatic N) is 1. The molecule has 9 heteroatoms. The number of benzene rings is 1. The molecule has 1 aromatic heterocycles. The summed E-state index contributed by atoms with van der Waals surface area (Å²) in [6, 6.07) is 10.5. The van der Waals surface area contributed by atoms with Gasteiger partial charge in [0, 0.05) is 11.1 Å². The first-order valence-electron chi connectivity index (χ1n) is 8.11. The van der Waals surface area contributed by atoms with E-state index in [0.29, 0.717) is 10.8 Å². The molecule has 0 fully saturated rings. The largest absolute Gasteiger partial charge is 0.452 e. The van der Waals surface area contributed by atoms with E-state index in [9.17, 15) is 14.4 Å². The van der Waals surface area contributed by atoms with Crippen LogP contribution in [0.2, 0.25) is 5.02 Å². The van der Waals surface area contributed by atoms with E-state index in [1.807, 2.05) is 18.2 Å². The van der Waals surface area contributed by atoms with Crippen molar-refractivity contribution in [3.63, 3.8) is 0 Å². The Morgan fingerprint density at radius 1 is 1.33 bits per heavy atom. The van der Waals surface area contributed by atoms with Crippen LogP contribution in [0.1, 0.15) is 13.3 Å². The molecule has 0 saturated carbocycles. The smallest absolute Gasteiger partial charge is 0.308 e. The highest BCUT2D eigenvalue weighted by molar-refractivity contribution is 8.01. The lowest BCUT2D eigenvalue weighted by molar-refractivity contribution is -0.153. The Balaban J connectivity index is 1.53. The highest BCUT2D eigenvalue weighted by Gasteiger charge is 2.30. The van der Waals surface area contributed by atoms with E-state index < -0.39 is 23.2 Å². The van der Waals surface area contributed by atoms with Gasteiger partial charge in [0.15, 0.2) is 6.10 Å². The summed E-state index contributed by atoms with van der Waals surface area (Å²) in [7, 11) is 0. The Bertz CT molecular complexity index is 875. The van der Waals surface area contributed by atoms with E-state index in [-0.39, 0.29) is 12.3 Å². The SMILES string of the molecule is C[C@H](OC(=O)C[C@@H]1Sc2ccccc2NC1=O)C(=O)Nc1ccc(Cl)cn1. The van der Waals surface area contributed by atoms with Gasteiger partial charge in [-0.05, 0) is 31.2 Å². The number of anilines is 2. The number of pyridine rings is 1. The van der Waals surface area contributed by atoms with Gasteiger partial charge in [0.05, 0.1) is 22.4 Å². The molecule has 2 amide bonds. The van der Waals surface area contributed by atoms with Crippen LogP contribution in [0, 0.1) is 0 Å². The predicted octanol–water partition coefficient (Wildman–Crippen LogP) is 3.11. The number of thioether (sulfide) groups is 1. The summed E-state index contributed by atoms with van der Waals surface area (Å²) in [5.74, 6) is -1.12. The molecule has 0 saturated heterocycles. The number of esters is 1. The zero-order chi connectivity index (χ0) is 19.4. The number of carbonyl (C=O) groups excluding carboxylic acids is 3. The molecule has 140 valence electrons. The molecule has 2 aromatic rings. The lowest BCUT2D eigenvalue weighted by Crippen LogP contribution is -2.34. The van der Waals surface area contributed by atoms with Crippen LogP contribution in [-0.4, -0.2) is 34.1 Å². The highest BCUT2D eigenvalue weighted by Crippen LogP contribution is 2.36. The van der Waals surface area contributed by atoms with Gasteiger partial charge in [0.2, 0.25) is 5.91 Å². The third kappa shape index (κ3) is 4.99. The normalized spacial score (nSPS) is 16.7. The second-order valence-corrected chi connectivity index (χ2v) is 7.46. The van der Waals surface area contributed by atoms with Gasteiger partial charge in [-0.1, -0.05) is 23.7 Å². The van der Waals surface area contributed by atoms with Crippen LogP contribution in [0.5, 0.6) is 0 Å². The Morgan fingerprint density at radius 3 is 2.85 bits per heavy atom. The van der Waals surface area contributed by atoms with Crippen LogP contribution in [0.3, 0.4) is 0 Å². The van der Waals surface area contributed by atoms with Crippen LogP contribution >= 0.6 is 23.4 Å². The topological polar surface area (TPSA) is 97.4 Å². The van der Waals surface area contributed by atoms with E-state index in [1.54, 1.807) is 12.1 Å². The predicted molar refractivity (Wildman–Crippen MR) is 103 cm³/mol. The fourth-order valence-electron chi connectivity index (χ4n) is 2.35. The summed E-state index contributed by atoms with van der Waals surface area (Å²) in [5, 5.41) is 5.12. The first kappa shape index (κ1) is 19.2. The van der Waals surface area contributed by atoms with Crippen molar-refractivity contribution in [2.24, 2.45) is 0 Å². The average Bonchev–Trinajstić information content (AvgIpc) is 2.64. The zero-order valence-electron chi connectivity index (χ0n) is 14.3. The molecular weight excluding hydrogens is 390 g/mol. The molecule has 1 aliphatic heterocycles. The van der Waals surface area contributed by atoms with Gasteiger partial charge in [-0.2, -0.15) is 0 Å². The number of rotatable bonds is 5. The van der Waals surface area contributed by atoms with Crippen molar-refractivity contribution in [3.8, 4) is 0 Å². The first-order chi connectivity index (χ1) is 12.9. The van der Waals surface area contributed by atoms with Crippen molar-refractivity contribution in [1.82, 2.24) is 4.98 Å². The van der Waals surface area contributed by atoms with Gasteiger partial charge >= 0.3 is 5.97 Å². The molecule has 2 heterocycles. The van der Waals surface area contributed by atoms with Gasteiger partial charge in [-0.15, -0.1) is 11.8 Å². The Morgan fingerprint density at radius 2 is 2.11 bits per heavy atom. The maximum absolute atomic E-state index is 12.2. The summed E-state index contributed by atoms with van der Waals surface area (Å²) in [4.78, 5) is 41.2. The minimum absolute atomic E-state index is 0.137. The lowest BCUT2D eigenvalue weighted by Gasteiger charge is -2.23. The number of hydrogen-bond donors (Lipinski definition) is 2. The maximum atomic E-state index is 12.2. The summed E-state index contributed by atoms with van der Waals surface area (Å²) in [6.07, 6.45) is 0.227. The van der Waals surface area contributed by atoms with E-state index in [2.05, 4.69) is 15.6 Å². The van der Waals surface area contributed by atoms with Crippen molar-refractivity contribution in [3.05, 3.63) is 47.6 Å². The third-order valence-electron chi connectivity index (χ3n) is 3.71. The summed E-state index contributed by atoms with van der Waals surface area (Å²) in [5.41, 5.74) is 0.723. The molecule has 27 heavy (non-hydrogen) atoms. The Kier molecular flexibility index (Phi) is 5.98. The van der Waals surface area contributed by atoms with E-state index >= 15 is 0 Å². The van der Waals surface area contributed by atoms with Crippen molar-refractivity contribution in [2.45, 2.75) is 29.6 Å². The second-order valence-electron chi connectivity index (χ2n) is 5.78. The maximum Gasteiger partial charge on any atom is 0.308 e. The number of fused-ring (bicyclic) bond motifs is 1. The second kappa shape index (κ2) is 8.41. The molecular formula is C18H16ClN3O4S. The van der Waals surface area contributed by atoms with Gasteiger partial charge in [-0.25, -0.2) is 4.98 Å². The summed E-state index contributed by atoms with van der Waals surface area (Å²) in [6.45, 7) is 1.45. The number of aromatic nitrogens is 1. The molecule has 0 bridgehead atoms. The van der Waals surface area contributed by atoms with Crippen molar-refractivity contribution in [2.75, 3.05) is 10.6 Å². The number of ether oxygens (including phenoxy) is 1. The monoisotopic (exact) mass is 405 g/mol. The number of nitrogens with one attached hydrogen (secondary N) is 2. The van der Waals surface area contributed by atoms with Crippen molar-refractivity contribution >= 4 is 52.7 Å². The average molecular weight is 406 g/mol. The standard InChI is InChI=1S/C18H16ClN3O4S/c1-10(17(24)22-15-7-6-11(19)9-20-15)26-16(23)8-14-18(25)21-12-4-2-3-5-13(12)27-14/h2-7,9-10,14H,8H2,1H3,(H,21,25)(H,20,22,24)/t10-,14-/m0/s1. The molecule has 2 atom stereocenters. The summed E-state index contributed by atoms with van der Waals surface area (Å²) >= 11 is 7.03. The van der Waals surface area contributed by atoms with Gasteiger partial charge in [0.1, 0.15) is 5.82 Å². The van der Waals surface area contributed by atoms with Crippen LogP contribution in [0.25, 0.3) is 0 Å². The lowest BCUT2D eigenvalue weighted by atomic mass is 10.2. The van der Waals surface area contributed by atoms with Crippen molar-refractivity contribution < 1.29 is 19.1 Å². The van der Waals surface area contributed by atoms with Crippen LogP contribution in [0.15, 0.2) is 47.5 Å².